The first-order valence-electron chi connectivity index (χ1n) is 12.2. The van der Waals surface area contributed by atoms with Crippen LogP contribution in [0.15, 0.2) is 71.6 Å². The topological polar surface area (TPSA) is 106 Å². The number of nitrogens with one attached hydrogen (secondary N) is 1. The summed E-state index contributed by atoms with van der Waals surface area (Å²) in [6.07, 6.45) is 5.88. The zero-order valence-electron chi connectivity index (χ0n) is 21.5. The Balaban J connectivity index is 0.000000186. The normalized spacial score (nSPS) is 15.9. The minimum absolute atomic E-state index is 0.128. The van der Waals surface area contributed by atoms with Crippen LogP contribution in [-0.2, 0) is 4.79 Å². The number of hydrogen-bond acceptors (Lipinski definition) is 5. The van der Waals surface area contributed by atoms with Gasteiger partial charge in [-0.05, 0) is 73.4 Å². The van der Waals surface area contributed by atoms with Crippen molar-refractivity contribution in [2.75, 3.05) is 17.2 Å². The van der Waals surface area contributed by atoms with Gasteiger partial charge in [-0.2, -0.15) is 5.10 Å². The van der Waals surface area contributed by atoms with Gasteiger partial charge in [0.1, 0.15) is 5.56 Å². The van der Waals surface area contributed by atoms with Gasteiger partial charge in [0.05, 0.1) is 12.7 Å². The molecule has 1 aliphatic rings. The molecule has 0 saturated carbocycles. The van der Waals surface area contributed by atoms with Gasteiger partial charge in [0.25, 0.3) is 5.91 Å². The second kappa shape index (κ2) is 11.9. The quantitative estimate of drug-likeness (QED) is 0.265. The standard InChI is InChI=1S/C16H13N5O.C13H16BrNO/c17-13-6-4-12(5-7-13)3-1-8-19-16(22)14-11-20-21-10-2-9-18-15(14)21;1-8-6-9(2)15(10(3)16)13-5-4-11(14)7-12(8)13/h2,4-7,9-11H,8,17H2,(H,19,22);4-5,7-9H,6H2,1-3H3. The van der Waals surface area contributed by atoms with E-state index in [0.29, 0.717) is 28.9 Å². The third-order valence-electron chi connectivity index (χ3n) is 6.26. The van der Waals surface area contributed by atoms with Crippen molar-refractivity contribution in [1.82, 2.24) is 19.9 Å². The van der Waals surface area contributed by atoms with Gasteiger partial charge in [0.2, 0.25) is 5.91 Å². The molecule has 0 radical (unpaired) electrons. The highest BCUT2D eigenvalue weighted by atomic mass is 79.9. The second-order valence-corrected chi connectivity index (χ2v) is 10.0. The van der Waals surface area contributed by atoms with Gasteiger partial charge in [-0.25, -0.2) is 9.50 Å². The van der Waals surface area contributed by atoms with Crippen LogP contribution in [0.4, 0.5) is 11.4 Å². The molecule has 194 valence electrons. The number of aromatic nitrogens is 3. The van der Waals surface area contributed by atoms with Crippen molar-refractivity contribution in [2.24, 2.45) is 0 Å². The Labute approximate surface area is 230 Å². The number of halogens is 1. The van der Waals surface area contributed by atoms with Crippen LogP contribution in [0.1, 0.15) is 54.6 Å². The number of nitrogens with two attached hydrogens (primary N) is 1. The van der Waals surface area contributed by atoms with Crippen LogP contribution in [0, 0.1) is 11.8 Å². The maximum absolute atomic E-state index is 12.1. The van der Waals surface area contributed by atoms with E-state index in [1.807, 2.05) is 29.2 Å². The molecule has 0 aliphatic carbocycles. The van der Waals surface area contributed by atoms with Gasteiger partial charge < -0.3 is 16.0 Å². The fourth-order valence-corrected chi connectivity index (χ4v) is 4.90. The molecule has 0 saturated heterocycles. The van der Waals surface area contributed by atoms with Crippen molar-refractivity contribution in [3.63, 3.8) is 0 Å². The van der Waals surface area contributed by atoms with E-state index in [9.17, 15) is 9.59 Å². The fraction of sp³-hybridized carbons (Fsp3) is 0.241. The van der Waals surface area contributed by atoms with E-state index in [4.69, 9.17) is 5.73 Å². The third kappa shape index (κ3) is 6.21. The van der Waals surface area contributed by atoms with Gasteiger partial charge >= 0.3 is 0 Å². The number of amides is 2. The van der Waals surface area contributed by atoms with Gasteiger partial charge in [-0.3, -0.25) is 9.59 Å². The number of nitrogen functional groups attached to an aromatic ring is 1. The second-order valence-electron chi connectivity index (χ2n) is 9.13. The molecule has 2 atom stereocenters. The average Bonchev–Trinajstić information content (AvgIpc) is 3.33. The largest absolute Gasteiger partial charge is 0.399 e. The zero-order chi connectivity index (χ0) is 27.2. The van der Waals surface area contributed by atoms with Gasteiger partial charge in [-0.1, -0.05) is 34.7 Å². The lowest BCUT2D eigenvalue weighted by Gasteiger charge is -2.37. The molecule has 3 N–H and O–H groups in total. The fourth-order valence-electron chi connectivity index (χ4n) is 4.52. The number of benzene rings is 2. The summed E-state index contributed by atoms with van der Waals surface area (Å²) in [5, 5.41) is 6.80. The first-order chi connectivity index (χ1) is 18.2. The van der Waals surface area contributed by atoms with Gasteiger partial charge in [-0.15, -0.1) is 0 Å². The summed E-state index contributed by atoms with van der Waals surface area (Å²) in [6, 6.07) is 15.4. The molecule has 2 unspecified atom stereocenters. The first kappa shape index (κ1) is 26.9. The number of carbonyl (C=O) groups excluding carboxylic acids is 2. The Kier molecular flexibility index (Phi) is 8.44. The lowest BCUT2D eigenvalue weighted by molar-refractivity contribution is -0.117. The van der Waals surface area contributed by atoms with E-state index in [0.717, 1.165) is 22.1 Å². The molecule has 5 rings (SSSR count). The van der Waals surface area contributed by atoms with Gasteiger partial charge in [0.15, 0.2) is 5.65 Å². The smallest absolute Gasteiger partial charge is 0.257 e. The van der Waals surface area contributed by atoms with E-state index in [1.54, 1.807) is 42.0 Å². The van der Waals surface area contributed by atoms with Crippen molar-refractivity contribution in [3.8, 4) is 11.8 Å². The van der Waals surface area contributed by atoms with Crippen LogP contribution < -0.4 is 16.0 Å². The molecule has 4 aromatic rings. The van der Waals surface area contributed by atoms with Crippen molar-refractivity contribution < 1.29 is 9.59 Å². The van der Waals surface area contributed by atoms with E-state index < -0.39 is 0 Å². The summed E-state index contributed by atoms with van der Waals surface area (Å²) in [5.74, 6) is 6.23. The maximum Gasteiger partial charge on any atom is 0.257 e. The number of anilines is 2. The van der Waals surface area contributed by atoms with Crippen molar-refractivity contribution in [3.05, 3.63) is 88.3 Å². The van der Waals surface area contributed by atoms with Crippen LogP contribution in [0.25, 0.3) is 5.65 Å². The Hall–Kier alpha value is -4.16. The number of carbonyl (C=O) groups is 2. The monoisotopic (exact) mass is 572 g/mol. The molecule has 1 aliphatic heterocycles. The van der Waals surface area contributed by atoms with E-state index >= 15 is 0 Å². The molecule has 2 amide bonds. The van der Waals surface area contributed by atoms with E-state index in [2.05, 4.69) is 63.1 Å². The SMILES string of the molecule is CC(=O)N1c2ccc(Br)cc2C(C)CC1C.Nc1ccc(C#CCNC(=O)c2cnn3cccnc23)cc1. The molecule has 8 nitrogen and oxygen atoms in total. The van der Waals surface area contributed by atoms with Crippen molar-refractivity contribution in [2.45, 2.75) is 39.2 Å². The lowest BCUT2D eigenvalue weighted by atomic mass is 9.87. The highest BCUT2D eigenvalue weighted by Crippen LogP contribution is 2.39. The minimum Gasteiger partial charge on any atom is -0.399 e. The number of fused-ring (bicyclic) bond motifs is 2. The Morgan fingerprint density at radius 2 is 1.95 bits per heavy atom. The predicted octanol–water partition coefficient (Wildman–Crippen LogP) is 4.79. The summed E-state index contributed by atoms with van der Waals surface area (Å²) in [4.78, 5) is 29.8. The van der Waals surface area contributed by atoms with Crippen LogP contribution in [-0.4, -0.2) is 39.0 Å². The molecule has 3 heterocycles. The molecular weight excluding hydrogens is 544 g/mol. The number of nitrogens with zero attached hydrogens (tertiary/aromatic N) is 4. The van der Waals surface area contributed by atoms with E-state index in [1.165, 1.54) is 11.8 Å². The molecule has 2 aromatic carbocycles. The summed E-state index contributed by atoms with van der Waals surface area (Å²) in [7, 11) is 0. The Morgan fingerprint density at radius 3 is 2.68 bits per heavy atom. The van der Waals surface area contributed by atoms with Crippen molar-refractivity contribution in [1.29, 1.82) is 0 Å². The molecule has 9 heteroatoms. The molecule has 0 spiro atoms. The van der Waals surface area contributed by atoms with E-state index in [-0.39, 0.29) is 18.4 Å². The molecule has 0 fully saturated rings. The van der Waals surface area contributed by atoms with Crippen LogP contribution in [0.5, 0.6) is 0 Å². The zero-order valence-corrected chi connectivity index (χ0v) is 23.1. The lowest BCUT2D eigenvalue weighted by Crippen LogP contribution is -2.41. The minimum atomic E-state index is -0.250. The highest BCUT2D eigenvalue weighted by molar-refractivity contribution is 9.10. The van der Waals surface area contributed by atoms with Crippen LogP contribution in [0.3, 0.4) is 0 Å². The summed E-state index contributed by atoms with van der Waals surface area (Å²) in [5.41, 5.74) is 10.4. The molecule has 0 bridgehead atoms. The molecular formula is C29H29BrN6O2. The Morgan fingerprint density at radius 1 is 1.18 bits per heavy atom. The number of hydrogen-bond donors (Lipinski definition) is 2. The molecule has 2 aromatic heterocycles. The van der Waals surface area contributed by atoms with Crippen LogP contribution in [0.2, 0.25) is 0 Å². The summed E-state index contributed by atoms with van der Waals surface area (Å²) >= 11 is 3.49. The number of rotatable bonds is 2. The predicted molar refractivity (Wildman–Crippen MR) is 153 cm³/mol. The van der Waals surface area contributed by atoms with Crippen molar-refractivity contribution >= 4 is 44.8 Å². The summed E-state index contributed by atoms with van der Waals surface area (Å²) in [6.45, 7) is 6.22. The first-order valence-corrected chi connectivity index (χ1v) is 13.0. The average molecular weight is 573 g/mol. The van der Waals surface area contributed by atoms with Crippen LogP contribution >= 0.6 is 15.9 Å². The maximum atomic E-state index is 12.1. The Bertz CT molecular complexity index is 1520. The van der Waals surface area contributed by atoms with Gasteiger partial charge in [0, 0.05) is 46.8 Å². The molecule has 38 heavy (non-hydrogen) atoms. The highest BCUT2D eigenvalue weighted by Gasteiger charge is 2.30. The third-order valence-corrected chi connectivity index (χ3v) is 6.75. The summed E-state index contributed by atoms with van der Waals surface area (Å²) < 4.78 is 2.63.